The highest BCUT2D eigenvalue weighted by molar-refractivity contribution is 5.88. The Bertz CT molecular complexity index is 877. The van der Waals surface area contributed by atoms with E-state index in [4.69, 9.17) is 9.73 Å². The lowest BCUT2D eigenvalue weighted by Gasteiger charge is -2.23. The summed E-state index contributed by atoms with van der Waals surface area (Å²) < 4.78 is 25.7. The number of carbonyl (C=O) groups is 1. The first-order valence-corrected chi connectivity index (χ1v) is 13.7. The number of anilines is 1. The van der Waals surface area contributed by atoms with Crippen molar-refractivity contribution in [3.8, 4) is 5.75 Å². The molecule has 2 N–H and O–H groups in total. The number of nitrogens with zero attached hydrogens (tertiary/aromatic N) is 1. The van der Waals surface area contributed by atoms with Gasteiger partial charge >= 0.3 is 6.22 Å². The Labute approximate surface area is 221 Å². The minimum atomic E-state index is -1.72. The highest BCUT2D eigenvalue weighted by Crippen LogP contribution is 2.30. The second kappa shape index (κ2) is 17.1. The zero-order chi connectivity index (χ0) is 27.0. The molecule has 1 aromatic carbocycles. The largest absolute Gasteiger partial charge is 0.495 e. The highest BCUT2D eigenvalue weighted by atomic mass is 19.1. The van der Waals surface area contributed by atoms with Gasteiger partial charge in [0.05, 0.1) is 25.5 Å². The van der Waals surface area contributed by atoms with Gasteiger partial charge in [0.2, 0.25) is 0 Å². The summed E-state index contributed by atoms with van der Waals surface area (Å²) in [4.78, 5) is 14.4. The maximum absolute atomic E-state index is 11.3. The lowest BCUT2D eigenvalue weighted by Crippen LogP contribution is -2.36. The number of nitrogens with one attached hydrogen (secondary N) is 1. The first kappa shape index (κ1) is 30.8. The quantitative estimate of drug-likeness (QED) is 0.165. The fraction of sp³-hybridized carbons (Fsp3) is 0.655. The van der Waals surface area contributed by atoms with E-state index in [0.717, 1.165) is 29.7 Å². The zero-order valence-electron chi connectivity index (χ0n) is 22.9. The van der Waals surface area contributed by atoms with Crippen LogP contribution in [0.3, 0.4) is 0 Å². The lowest BCUT2D eigenvalue weighted by molar-refractivity contribution is -0.103. The molecule has 7 nitrogen and oxygen atoms in total. The Morgan fingerprint density at radius 2 is 2.00 bits per heavy atom. The third-order valence-corrected chi connectivity index (χ3v) is 6.65. The topological polar surface area (TPSA) is 89.4 Å². The predicted molar refractivity (Wildman–Crippen MR) is 146 cm³/mol. The number of hydrogen-bond acceptors (Lipinski definition) is 7. The van der Waals surface area contributed by atoms with E-state index in [-0.39, 0.29) is 6.10 Å². The molecule has 1 saturated heterocycles. The van der Waals surface area contributed by atoms with Crippen molar-refractivity contribution in [2.75, 3.05) is 25.3 Å². The SMILES string of the molecule is CCCCC(=N/C=C(\C)c1ccc(OCCC(C)C)cc1NO)C1CCCCC1.O=C(F)OC1COC1. The molecule has 1 saturated carbocycles. The smallest absolute Gasteiger partial charge is 0.494 e. The number of ether oxygens (including phenoxy) is 3. The Morgan fingerprint density at radius 1 is 1.27 bits per heavy atom. The molecule has 1 heterocycles. The summed E-state index contributed by atoms with van der Waals surface area (Å²) in [7, 11) is 0. The van der Waals surface area contributed by atoms with Gasteiger partial charge in [-0.15, -0.1) is 4.39 Å². The van der Waals surface area contributed by atoms with Crippen LogP contribution < -0.4 is 10.2 Å². The Kier molecular flexibility index (Phi) is 14.2. The molecule has 1 aliphatic carbocycles. The predicted octanol–water partition coefficient (Wildman–Crippen LogP) is 7.98. The van der Waals surface area contributed by atoms with Gasteiger partial charge in [-0.2, -0.15) is 0 Å². The van der Waals surface area contributed by atoms with E-state index in [2.05, 4.69) is 42.6 Å². The Hall–Kier alpha value is -2.45. The summed E-state index contributed by atoms with van der Waals surface area (Å²) in [6.45, 7) is 10.0. The van der Waals surface area contributed by atoms with Crippen molar-refractivity contribution in [1.29, 1.82) is 0 Å². The molecule has 0 radical (unpaired) electrons. The molecule has 208 valence electrons. The van der Waals surface area contributed by atoms with Gasteiger partial charge < -0.3 is 14.2 Å². The number of carbonyl (C=O) groups excluding carboxylic acids is 1. The van der Waals surface area contributed by atoms with Crippen LogP contribution in [0, 0.1) is 11.8 Å². The molecular weight excluding hydrogens is 475 g/mol. The third kappa shape index (κ3) is 11.6. The van der Waals surface area contributed by atoms with Crippen molar-refractivity contribution in [2.45, 2.75) is 91.6 Å². The summed E-state index contributed by atoms with van der Waals surface area (Å²) in [5.74, 6) is 2.03. The number of allylic oxidation sites excluding steroid dienone is 1. The van der Waals surface area contributed by atoms with E-state index < -0.39 is 6.22 Å². The molecule has 0 unspecified atom stereocenters. The number of hydrogen-bond donors (Lipinski definition) is 2. The van der Waals surface area contributed by atoms with E-state index in [9.17, 15) is 14.4 Å². The van der Waals surface area contributed by atoms with E-state index >= 15 is 0 Å². The fourth-order valence-electron chi connectivity index (χ4n) is 4.29. The van der Waals surface area contributed by atoms with Crippen molar-refractivity contribution in [2.24, 2.45) is 16.8 Å². The molecule has 0 atom stereocenters. The van der Waals surface area contributed by atoms with Crippen molar-refractivity contribution in [1.82, 2.24) is 0 Å². The third-order valence-electron chi connectivity index (χ3n) is 6.65. The minimum absolute atomic E-state index is 0.329. The van der Waals surface area contributed by atoms with Gasteiger partial charge in [0.15, 0.2) is 6.10 Å². The minimum Gasteiger partial charge on any atom is -0.494 e. The van der Waals surface area contributed by atoms with Gasteiger partial charge in [0.25, 0.3) is 0 Å². The summed E-state index contributed by atoms with van der Waals surface area (Å²) in [6, 6.07) is 5.82. The molecule has 1 aliphatic heterocycles. The van der Waals surface area contributed by atoms with Crippen LogP contribution in [0.25, 0.3) is 5.57 Å². The van der Waals surface area contributed by atoms with Crippen molar-refractivity contribution in [3.05, 3.63) is 30.0 Å². The zero-order valence-corrected chi connectivity index (χ0v) is 22.9. The highest BCUT2D eigenvalue weighted by Gasteiger charge is 2.22. The normalized spacial score (nSPS) is 17.1. The number of benzene rings is 1. The summed E-state index contributed by atoms with van der Waals surface area (Å²) in [5, 5.41) is 9.63. The first-order chi connectivity index (χ1) is 17.8. The summed E-state index contributed by atoms with van der Waals surface area (Å²) in [6.07, 6.45) is 11.0. The summed E-state index contributed by atoms with van der Waals surface area (Å²) >= 11 is 0. The molecule has 8 heteroatoms. The second-order valence-corrected chi connectivity index (χ2v) is 10.2. The molecule has 2 fully saturated rings. The average Bonchev–Trinajstić information content (AvgIpc) is 2.86. The molecule has 1 aromatic rings. The van der Waals surface area contributed by atoms with Gasteiger partial charge in [0, 0.05) is 23.5 Å². The maximum atomic E-state index is 11.3. The van der Waals surface area contributed by atoms with E-state index in [0.29, 0.717) is 37.3 Å². The van der Waals surface area contributed by atoms with Crippen molar-refractivity contribution < 1.29 is 28.6 Å². The number of rotatable bonds is 12. The van der Waals surface area contributed by atoms with Crippen LogP contribution in [-0.4, -0.2) is 43.1 Å². The summed E-state index contributed by atoms with van der Waals surface area (Å²) in [5.41, 5.74) is 6.34. The molecule has 37 heavy (non-hydrogen) atoms. The van der Waals surface area contributed by atoms with Crippen LogP contribution >= 0.6 is 0 Å². The molecule has 0 aromatic heterocycles. The maximum Gasteiger partial charge on any atom is 0.495 e. The number of halogens is 1. The Morgan fingerprint density at radius 3 is 2.54 bits per heavy atom. The van der Waals surface area contributed by atoms with Crippen LogP contribution in [0.4, 0.5) is 14.9 Å². The standard InChI is InChI=1S/C25H40N2O2.C4H5FO3/c1-5-6-12-24(21-10-8-7-9-11-21)26-18-20(4)23-14-13-22(17-25(23)27-28)29-16-15-19(2)3;5-4(6)8-3-1-7-2-3/h13-14,17-19,21,27-28H,5-12,15-16H2,1-4H3;3H,1-2H2/b20-18+,26-24?;. The fourth-order valence-corrected chi connectivity index (χ4v) is 4.29. The van der Waals surface area contributed by atoms with E-state index in [1.807, 2.05) is 24.4 Å². The Balaban J connectivity index is 0.000000510. The number of aliphatic imine (C=N–C) groups is 1. The molecular formula is C29H45FN2O5. The average molecular weight is 521 g/mol. The first-order valence-electron chi connectivity index (χ1n) is 13.7. The monoisotopic (exact) mass is 520 g/mol. The molecule has 3 rings (SSSR count). The van der Waals surface area contributed by atoms with Crippen LogP contribution in [0.1, 0.15) is 91.0 Å². The molecule has 0 spiro atoms. The van der Waals surface area contributed by atoms with Gasteiger partial charge in [-0.1, -0.05) is 46.5 Å². The van der Waals surface area contributed by atoms with Gasteiger partial charge in [-0.3, -0.25) is 15.7 Å². The molecule has 0 bridgehead atoms. The van der Waals surface area contributed by atoms with E-state index in [1.165, 1.54) is 50.7 Å². The molecule has 0 amide bonds. The van der Waals surface area contributed by atoms with Crippen LogP contribution in [0.2, 0.25) is 0 Å². The van der Waals surface area contributed by atoms with Crippen molar-refractivity contribution in [3.63, 3.8) is 0 Å². The van der Waals surface area contributed by atoms with E-state index in [1.54, 1.807) is 0 Å². The second-order valence-electron chi connectivity index (χ2n) is 10.2. The van der Waals surface area contributed by atoms with Gasteiger partial charge in [-0.25, -0.2) is 4.79 Å². The van der Waals surface area contributed by atoms with Crippen LogP contribution in [0.15, 0.2) is 29.4 Å². The van der Waals surface area contributed by atoms with Crippen molar-refractivity contribution >= 4 is 23.2 Å². The lowest BCUT2D eigenvalue weighted by atomic mass is 9.84. The van der Waals surface area contributed by atoms with Gasteiger partial charge in [0.1, 0.15) is 5.75 Å². The number of unbranched alkanes of at least 4 members (excludes halogenated alkanes) is 1. The van der Waals surface area contributed by atoms with Crippen LogP contribution in [-0.2, 0) is 9.47 Å². The van der Waals surface area contributed by atoms with Gasteiger partial charge in [-0.05, 0) is 68.6 Å². The van der Waals surface area contributed by atoms with Crippen LogP contribution in [0.5, 0.6) is 5.75 Å². The molecule has 2 aliphatic rings.